The zero-order chi connectivity index (χ0) is 14.4. The van der Waals surface area contributed by atoms with E-state index >= 15 is 0 Å². The van der Waals surface area contributed by atoms with Gasteiger partial charge in [-0.25, -0.2) is 0 Å². The lowest BCUT2D eigenvalue weighted by atomic mass is 10.1. The molecule has 0 bridgehead atoms. The summed E-state index contributed by atoms with van der Waals surface area (Å²) in [5.74, 6) is -11.8. The third-order valence-electron chi connectivity index (χ3n) is 2.08. The van der Waals surface area contributed by atoms with Crippen molar-refractivity contribution in [2.75, 3.05) is 0 Å². The predicted octanol–water partition coefficient (Wildman–Crippen LogP) is 2.97. The molecule has 0 saturated heterocycles. The predicted molar refractivity (Wildman–Crippen MR) is 46.7 cm³/mol. The van der Waals surface area contributed by atoms with E-state index in [1.807, 2.05) is 0 Å². The molecule has 0 unspecified atom stereocenters. The van der Waals surface area contributed by atoms with Crippen LogP contribution in [0.4, 0.5) is 30.7 Å². The Labute approximate surface area is 95.4 Å². The minimum Gasteiger partial charge on any atom is -0.321 e. The Hall–Kier alpha value is -1.54. The van der Waals surface area contributed by atoms with Crippen molar-refractivity contribution in [3.05, 3.63) is 33.7 Å². The number of alkyl halides is 7. The molecule has 0 atom stereocenters. The van der Waals surface area contributed by atoms with Gasteiger partial charge in [0, 0.05) is 6.07 Å². The van der Waals surface area contributed by atoms with Crippen LogP contribution in [-0.4, -0.2) is 17.1 Å². The lowest BCUT2D eigenvalue weighted by Crippen LogP contribution is -2.50. The zero-order valence-corrected chi connectivity index (χ0v) is 8.71. The van der Waals surface area contributed by atoms with Gasteiger partial charge in [0.2, 0.25) is 5.56 Å². The summed E-state index contributed by atoms with van der Waals surface area (Å²) in [5, 5.41) is 0. The molecule has 9 heteroatoms. The zero-order valence-electron chi connectivity index (χ0n) is 8.71. The van der Waals surface area contributed by atoms with Gasteiger partial charge in [0.05, 0.1) is 5.69 Å². The van der Waals surface area contributed by atoms with Crippen molar-refractivity contribution in [3.8, 4) is 0 Å². The van der Waals surface area contributed by atoms with Gasteiger partial charge in [0.1, 0.15) is 0 Å². The van der Waals surface area contributed by atoms with E-state index in [1.165, 1.54) is 4.98 Å². The second kappa shape index (κ2) is 3.99. The molecule has 1 aromatic rings. The smallest absolute Gasteiger partial charge is 0.321 e. The monoisotopic (exact) mass is 277 g/mol. The van der Waals surface area contributed by atoms with Crippen LogP contribution in [0.2, 0.25) is 0 Å². The fourth-order valence-corrected chi connectivity index (χ4v) is 1.20. The molecule has 0 saturated carbocycles. The number of halogens is 7. The summed E-state index contributed by atoms with van der Waals surface area (Å²) < 4.78 is 87.3. The van der Waals surface area contributed by atoms with E-state index in [2.05, 4.69) is 0 Å². The SMILES string of the molecule is Cc1cc(C(F)(F)C(F)(F)C(F)(F)F)[nH]c(=O)c1. The number of pyridine rings is 1. The molecule has 1 aromatic heterocycles. The molecule has 0 amide bonds. The van der Waals surface area contributed by atoms with Gasteiger partial charge in [-0.05, 0) is 18.6 Å². The van der Waals surface area contributed by atoms with Crippen molar-refractivity contribution in [2.24, 2.45) is 0 Å². The standard InChI is InChI=1S/C9H6F7NO/c1-4-2-5(17-6(18)3-4)7(10,11)8(12,13)9(14,15)16/h2-3H,1H3,(H,17,18). The molecular weight excluding hydrogens is 271 g/mol. The van der Waals surface area contributed by atoms with E-state index < -0.39 is 29.3 Å². The highest BCUT2D eigenvalue weighted by Gasteiger charge is 2.74. The lowest BCUT2D eigenvalue weighted by molar-refractivity contribution is -0.360. The maximum absolute atomic E-state index is 13.1. The van der Waals surface area contributed by atoms with Gasteiger partial charge >= 0.3 is 18.0 Å². The van der Waals surface area contributed by atoms with Crippen molar-refractivity contribution in [1.29, 1.82) is 0 Å². The van der Waals surface area contributed by atoms with Crippen LogP contribution in [0, 0.1) is 6.92 Å². The Bertz CT molecular complexity index is 502. The third-order valence-corrected chi connectivity index (χ3v) is 2.08. The fraction of sp³-hybridized carbons (Fsp3) is 0.444. The normalized spacial score (nSPS) is 13.8. The molecular formula is C9H6F7NO. The average molecular weight is 277 g/mol. The minimum absolute atomic E-state index is 0.161. The highest BCUT2D eigenvalue weighted by Crippen LogP contribution is 2.51. The van der Waals surface area contributed by atoms with Crippen LogP contribution in [-0.2, 0) is 5.92 Å². The summed E-state index contributed by atoms with van der Waals surface area (Å²) >= 11 is 0. The first-order chi connectivity index (χ1) is 7.89. The molecule has 0 spiro atoms. The number of nitrogens with one attached hydrogen (secondary N) is 1. The van der Waals surface area contributed by atoms with Crippen LogP contribution in [0.25, 0.3) is 0 Å². The number of hydrogen-bond donors (Lipinski definition) is 1. The number of H-pyrrole nitrogens is 1. The Kier molecular flexibility index (Phi) is 3.22. The molecule has 2 nitrogen and oxygen atoms in total. The van der Waals surface area contributed by atoms with Crippen molar-refractivity contribution >= 4 is 0 Å². The van der Waals surface area contributed by atoms with Crippen LogP contribution in [0.5, 0.6) is 0 Å². The van der Waals surface area contributed by atoms with E-state index in [1.54, 1.807) is 0 Å². The second-order valence-electron chi connectivity index (χ2n) is 3.58. The van der Waals surface area contributed by atoms with Crippen molar-refractivity contribution in [3.63, 3.8) is 0 Å². The Balaban J connectivity index is 3.42. The van der Waals surface area contributed by atoms with E-state index in [0.717, 1.165) is 13.0 Å². The second-order valence-corrected chi connectivity index (χ2v) is 3.58. The molecule has 0 aliphatic heterocycles. The number of rotatable bonds is 2. The highest BCUT2D eigenvalue weighted by atomic mass is 19.4. The molecule has 18 heavy (non-hydrogen) atoms. The van der Waals surface area contributed by atoms with Gasteiger partial charge in [-0.2, -0.15) is 30.7 Å². The van der Waals surface area contributed by atoms with Gasteiger partial charge in [-0.1, -0.05) is 0 Å². The van der Waals surface area contributed by atoms with Crippen LogP contribution < -0.4 is 5.56 Å². The maximum Gasteiger partial charge on any atom is 0.460 e. The van der Waals surface area contributed by atoms with Crippen molar-refractivity contribution < 1.29 is 30.7 Å². The topological polar surface area (TPSA) is 32.9 Å². The molecule has 0 aliphatic rings. The molecule has 1 N–H and O–H groups in total. The molecule has 102 valence electrons. The van der Waals surface area contributed by atoms with Gasteiger partial charge in [0.25, 0.3) is 0 Å². The van der Waals surface area contributed by atoms with Gasteiger partial charge < -0.3 is 4.98 Å². The maximum atomic E-state index is 13.1. The first-order valence-electron chi connectivity index (χ1n) is 4.43. The Morgan fingerprint density at radius 3 is 1.89 bits per heavy atom. The van der Waals surface area contributed by atoms with Crippen molar-refractivity contribution in [2.45, 2.75) is 24.9 Å². The number of aromatic nitrogens is 1. The number of aromatic amines is 1. The van der Waals surface area contributed by atoms with Crippen molar-refractivity contribution in [1.82, 2.24) is 4.98 Å². The Morgan fingerprint density at radius 2 is 1.50 bits per heavy atom. The summed E-state index contributed by atoms with van der Waals surface area (Å²) in [4.78, 5) is 12.1. The first kappa shape index (κ1) is 14.5. The lowest BCUT2D eigenvalue weighted by Gasteiger charge is -2.28. The summed E-state index contributed by atoms with van der Waals surface area (Å²) in [5.41, 5.74) is -3.14. The Morgan fingerprint density at radius 1 is 1.00 bits per heavy atom. The highest BCUT2D eigenvalue weighted by molar-refractivity contribution is 5.21. The summed E-state index contributed by atoms with van der Waals surface area (Å²) in [6.07, 6.45) is -6.43. The van der Waals surface area contributed by atoms with E-state index in [-0.39, 0.29) is 5.56 Å². The van der Waals surface area contributed by atoms with Crippen LogP contribution >= 0.6 is 0 Å². The quantitative estimate of drug-likeness (QED) is 0.828. The molecule has 0 fully saturated rings. The molecule has 1 rings (SSSR count). The number of aryl methyl sites for hydroxylation is 1. The van der Waals surface area contributed by atoms with Crippen LogP contribution in [0.1, 0.15) is 11.3 Å². The van der Waals surface area contributed by atoms with E-state index in [0.29, 0.717) is 6.07 Å². The van der Waals surface area contributed by atoms with Gasteiger partial charge in [-0.15, -0.1) is 0 Å². The third kappa shape index (κ3) is 2.21. The average Bonchev–Trinajstić information content (AvgIpc) is 2.13. The first-order valence-corrected chi connectivity index (χ1v) is 4.43. The molecule has 0 aliphatic carbocycles. The van der Waals surface area contributed by atoms with Crippen LogP contribution in [0.3, 0.4) is 0 Å². The minimum atomic E-state index is -6.43. The van der Waals surface area contributed by atoms with E-state index in [9.17, 15) is 35.5 Å². The summed E-state index contributed by atoms with van der Waals surface area (Å²) in [6, 6.07) is 1.15. The molecule has 1 heterocycles. The summed E-state index contributed by atoms with van der Waals surface area (Å²) in [7, 11) is 0. The summed E-state index contributed by atoms with van der Waals surface area (Å²) in [6.45, 7) is 1.11. The van der Waals surface area contributed by atoms with E-state index in [4.69, 9.17) is 0 Å². The van der Waals surface area contributed by atoms with Crippen LogP contribution in [0.15, 0.2) is 16.9 Å². The fourth-order valence-electron chi connectivity index (χ4n) is 1.20. The molecule has 0 aromatic carbocycles. The molecule has 0 radical (unpaired) electrons. The largest absolute Gasteiger partial charge is 0.460 e. The van der Waals surface area contributed by atoms with Gasteiger partial charge in [-0.3, -0.25) is 4.79 Å². The van der Waals surface area contributed by atoms with Gasteiger partial charge in [0.15, 0.2) is 0 Å². The number of hydrogen-bond acceptors (Lipinski definition) is 1.